The fraction of sp³-hybridized carbons (Fsp3) is 0.132. The topological polar surface area (TPSA) is 0 Å². The maximum atomic E-state index is 2.51. The van der Waals surface area contributed by atoms with Crippen molar-refractivity contribution in [2.45, 2.75) is 90.9 Å². The minimum absolute atomic E-state index is 0.0555. The van der Waals surface area contributed by atoms with Crippen LogP contribution in [-0.2, 0) is 21.7 Å². The molecule has 0 aliphatic heterocycles. The van der Waals surface area contributed by atoms with Gasteiger partial charge in [-0.15, -0.1) is 0 Å². The van der Waals surface area contributed by atoms with Gasteiger partial charge in [-0.2, -0.15) is 0 Å². The second-order valence-corrected chi connectivity index (χ2v) is 32.7. The van der Waals surface area contributed by atoms with Crippen LogP contribution in [0.25, 0.3) is 165 Å². The normalized spacial score (nSPS) is 14.6. The predicted molar refractivity (Wildman–Crippen MR) is 453 cm³/mol. The molecule has 17 aromatic rings. The van der Waals surface area contributed by atoms with Gasteiger partial charge in [0.05, 0.1) is 0 Å². The van der Waals surface area contributed by atoms with Gasteiger partial charge in [-0.1, -0.05) is 358 Å². The molecule has 0 fully saturated rings. The maximum absolute atomic E-state index is 2.51. The van der Waals surface area contributed by atoms with E-state index in [0.29, 0.717) is 0 Å². The molecule has 0 spiro atoms. The third kappa shape index (κ3) is 9.26. The van der Waals surface area contributed by atoms with Crippen molar-refractivity contribution in [1.29, 1.82) is 0 Å². The summed E-state index contributed by atoms with van der Waals surface area (Å²) in [5.41, 5.74) is 39.8. The van der Waals surface area contributed by atoms with Crippen LogP contribution in [0.3, 0.4) is 0 Å². The monoisotopic (exact) mass is 1350 g/mol. The number of aryl methyl sites for hydroxylation is 2. The highest BCUT2D eigenvalue weighted by Crippen LogP contribution is 2.59. The van der Waals surface area contributed by atoms with Gasteiger partial charge in [0.25, 0.3) is 0 Å². The molecule has 0 radical (unpaired) electrons. The largest absolute Gasteiger partial charge is 0.0622 e. The molecule has 4 aliphatic carbocycles. The molecular formula is C106H82. The van der Waals surface area contributed by atoms with Gasteiger partial charge in [-0.3, -0.25) is 0 Å². The summed E-state index contributed by atoms with van der Waals surface area (Å²) in [5.74, 6) is 0. The van der Waals surface area contributed by atoms with E-state index >= 15 is 0 Å². The molecule has 106 heavy (non-hydrogen) atoms. The van der Waals surface area contributed by atoms with E-state index in [9.17, 15) is 0 Å². The van der Waals surface area contributed by atoms with E-state index in [1.165, 1.54) is 221 Å². The minimum atomic E-state index is -0.159. The van der Waals surface area contributed by atoms with E-state index in [1.54, 1.807) is 0 Å². The Hall–Kier alpha value is -12.0. The standard InChI is InChI=1S/C55H42.C51H40/c1-33-24-27-43-46(30-33)52(45-21-13-23-48-53(45)44-19-10-11-22-47(44)54(48,2)3)42-18-9-8-17-41(42)51(43)36-26-29-40-39-28-25-35(31-49(39)55(4,5)50(40)32-36)38-20-12-15-34-14-6-7-16-37(34)38;1-31-22-25-39-42(28-31)48(41-19-13-21-44-49(41)40-18-11-12-20-43(40)50(44,2)3)38-17-10-9-16-37(38)47(39)34-24-27-36-35-26-23-33(32-14-7-6-8-15-32)29-45(35)51(4,5)46(36)30-34/h6-32H,1-5H3;6-30H,1-5H3. The lowest BCUT2D eigenvalue weighted by Crippen LogP contribution is -2.15. The van der Waals surface area contributed by atoms with Gasteiger partial charge in [0.15, 0.2) is 0 Å². The summed E-state index contributed by atoms with van der Waals surface area (Å²) in [4.78, 5) is 0. The maximum Gasteiger partial charge on any atom is 0.0159 e. The van der Waals surface area contributed by atoms with Crippen molar-refractivity contribution in [3.05, 3.63) is 371 Å². The van der Waals surface area contributed by atoms with Crippen LogP contribution in [0.5, 0.6) is 0 Å². The molecule has 21 rings (SSSR count). The molecule has 0 amide bonds. The Kier molecular flexibility index (Phi) is 14.0. The van der Waals surface area contributed by atoms with E-state index in [2.05, 4.69) is 385 Å². The number of fused-ring (bicyclic) bond motifs is 17. The fourth-order valence-corrected chi connectivity index (χ4v) is 20.0. The lowest BCUT2D eigenvalue weighted by Gasteiger charge is -2.24. The lowest BCUT2D eigenvalue weighted by atomic mass is 9.79. The van der Waals surface area contributed by atoms with Gasteiger partial charge in [-0.05, 0) is 248 Å². The molecule has 0 atom stereocenters. The lowest BCUT2D eigenvalue weighted by molar-refractivity contribution is 0.660. The first-order valence-electron chi connectivity index (χ1n) is 38.0. The molecule has 0 aromatic heterocycles. The fourth-order valence-electron chi connectivity index (χ4n) is 20.0. The van der Waals surface area contributed by atoms with Gasteiger partial charge in [-0.25, -0.2) is 0 Å². The Balaban J connectivity index is 0.000000141. The van der Waals surface area contributed by atoms with Crippen LogP contribution in [0.1, 0.15) is 111 Å². The highest BCUT2D eigenvalue weighted by Gasteiger charge is 2.41. The van der Waals surface area contributed by atoms with E-state index in [4.69, 9.17) is 0 Å². The first-order valence-corrected chi connectivity index (χ1v) is 38.0. The summed E-state index contributed by atoms with van der Waals surface area (Å²) < 4.78 is 0. The van der Waals surface area contributed by atoms with Crippen molar-refractivity contribution in [2.24, 2.45) is 0 Å². The van der Waals surface area contributed by atoms with Crippen molar-refractivity contribution in [3.63, 3.8) is 0 Å². The summed E-state index contributed by atoms with van der Waals surface area (Å²) in [5, 5.41) is 13.0. The van der Waals surface area contributed by atoms with Gasteiger partial charge < -0.3 is 0 Å². The molecule has 0 unspecified atom stereocenters. The van der Waals surface area contributed by atoms with Gasteiger partial charge in [0.2, 0.25) is 0 Å². The Labute approximate surface area is 623 Å². The molecule has 4 aliphatic rings. The van der Waals surface area contributed by atoms with Crippen molar-refractivity contribution in [1.82, 2.24) is 0 Å². The Bertz CT molecular complexity index is 6630. The van der Waals surface area contributed by atoms with Crippen LogP contribution in [0.15, 0.2) is 315 Å². The average Bonchev–Trinajstić information content (AvgIpc) is 1.50. The second kappa shape index (κ2) is 23.3. The molecule has 0 nitrogen and oxygen atoms in total. The molecule has 0 saturated heterocycles. The number of benzene rings is 17. The molecule has 17 aromatic carbocycles. The van der Waals surface area contributed by atoms with Crippen LogP contribution in [0.2, 0.25) is 0 Å². The van der Waals surface area contributed by atoms with E-state index in [0.717, 1.165) is 0 Å². The summed E-state index contributed by atoms with van der Waals surface area (Å²) in [6.45, 7) is 23.6. The SMILES string of the molecule is Cc1ccc2c(-c3ccc4c(c3)C(C)(C)c3cc(-c5cccc6ccccc56)ccc3-4)c3ccccc3c(-c3cccc4c3-c3ccccc3C4(C)C)c2c1.Cc1ccc2c(-c3ccc4c(c3)C(C)(C)c3cc(-c5ccccc5)ccc3-4)c3ccccc3c(-c3cccc4c3-c3ccccc3C4(C)C)c2c1. The van der Waals surface area contributed by atoms with E-state index < -0.39 is 0 Å². The summed E-state index contributed by atoms with van der Waals surface area (Å²) in [6.07, 6.45) is 0. The third-order valence-electron chi connectivity index (χ3n) is 25.2. The van der Waals surface area contributed by atoms with Crippen LogP contribution < -0.4 is 0 Å². The zero-order valence-electron chi connectivity index (χ0n) is 62.0. The van der Waals surface area contributed by atoms with Crippen molar-refractivity contribution >= 4 is 53.9 Å². The zero-order chi connectivity index (χ0) is 71.9. The van der Waals surface area contributed by atoms with Gasteiger partial charge >= 0.3 is 0 Å². The first-order chi connectivity index (χ1) is 51.4. The van der Waals surface area contributed by atoms with Crippen molar-refractivity contribution in [3.8, 4) is 111 Å². The summed E-state index contributed by atoms with van der Waals surface area (Å²) in [7, 11) is 0. The van der Waals surface area contributed by atoms with Crippen LogP contribution in [0.4, 0.5) is 0 Å². The van der Waals surface area contributed by atoms with Gasteiger partial charge in [0.1, 0.15) is 0 Å². The second-order valence-electron chi connectivity index (χ2n) is 32.7. The van der Waals surface area contributed by atoms with Crippen molar-refractivity contribution in [2.75, 3.05) is 0 Å². The average molecular weight is 1360 g/mol. The zero-order valence-corrected chi connectivity index (χ0v) is 62.0. The predicted octanol–water partition coefficient (Wildman–Crippen LogP) is 29.0. The Morgan fingerprint density at radius 1 is 0.160 bits per heavy atom. The van der Waals surface area contributed by atoms with Crippen molar-refractivity contribution < 1.29 is 0 Å². The molecule has 0 N–H and O–H groups in total. The van der Waals surface area contributed by atoms with E-state index in [1.807, 2.05) is 0 Å². The number of rotatable bonds is 6. The number of hydrogen-bond acceptors (Lipinski definition) is 0. The smallest absolute Gasteiger partial charge is 0.0159 e. The van der Waals surface area contributed by atoms with Crippen LogP contribution in [-0.4, -0.2) is 0 Å². The summed E-state index contributed by atoms with van der Waals surface area (Å²) >= 11 is 0. The molecule has 0 heteroatoms. The Morgan fingerprint density at radius 2 is 0.481 bits per heavy atom. The summed E-state index contributed by atoms with van der Waals surface area (Å²) in [6, 6.07) is 119. The van der Waals surface area contributed by atoms with Gasteiger partial charge in [0, 0.05) is 21.7 Å². The number of hydrogen-bond donors (Lipinski definition) is 0. The molecule has 0 heterocycles. The van der Waals surface area contributed by atoms with Crippen LogP contribution >= 0.6 is 0 Å². The van der Waals surface area contributed by atoms with E-state index in [-0.39, 0.29) is 21.7 Å². The Morgan fingerprint density at radius 3 is 0.962 bits per heavy atom. The molecular weight excluding hydrogens is 1270 g/mol. The first kappa shape index (κ1) is 63.7. The highest BCUT2D eigenvalue weighted by molar-refractivity contribution is 6.25. The van der Waals surface area contributed by atoms with Crippen LogP contribution in [0, 0.1) is 13.8 Å². The third-order valence-corrected chi connectivity index (χ3v) is 25.2. The molecule has 506 valence electrons. The quantitative estimate of drug-likeness (QED) is 0.146. The highest BCUT2D eigenvalue weighted by atomic mass is 14.4. The minimum Gasteiger partial charge on any atom is -0.0622 e. The molecule has 0 bridgehead atoms. The molecule has 0 saturated carbocycles.